The Morgan fingerprint density at radius 3 is 2.72 bits per heavy atom. The molecule has 0 radical (unpaired) electrons. The van der Waals surface area contributed by atoms with E-state index in [0.717, 1.165) is 30.4 Å². The molecule has 1 aliphatic heterocycles. The van der Waals surface area contributed by atoms with E-state index >= 15 is 0 Å². The first-order valence-corrected chi connectivity index (χ1v) is 12.4. The van der Waals surface area contributed by atoms with Gasteiger partial charge in [-0.3, -0.25) is 0 Å². The first-order chi connectivity index (χ1) is 15.1. The van der Waals surface area contributed by atoms with Gasteiger partial charge in [-0.15, -0.1) is 11.6 Å². The van der Waals surface area contributed by atoms with E-state index in [-0.39, 0.29) is 23.0 Å². The summed E-state index contributed by atoms with van der Waals surface area (Å²) in [6, 6.07) is 3.78. The molecule has 0 aromatic heterocycles. The minimum Gasteiger partial charge on any atom is -0.496 e. The lowest BCUT2D eigenvalue weighted by molar-refractivity contribution is -0.199. The molecule has 32 heavy (non-hydrogen) atoms. The van der Waals surface area contributed by atoms with E-state index in [9.17, 15) is 4.79 Å². The number of hydrogen-bond acceptors (Lipinski definition) is 5. The molecule has 0 spiro atoms. The number of unbranched alkanes of at least 4 members (excludes halogenated alkanes) is 1. The Bertz CT molecular complexity index is 874. The fourth-order valence-corrected chi connectivity index (χ4v) is 6.39. The zero-order valence-corrected chi connectivity index (χ0v) is 21.0. The Morgan fingerprint density at radius 1 is 1.31 bits per heavy atom. The molecule has 1 saturated heterocycles. The van der Waals surface area contributed by atoms with Crippen molar-refractivity contribution in [2.45, 2.75) is 83.7 Å². The first kappa shape index (κ1) is 23.9. The zero-order chi connectivity index (χ0) is 23.3. The molecule has 0 amide bonds. The molecule has 4 aliphatic rings. The summed E-state index contributed by atoms with van der Waals surface area (Å²) in [5.74, 6) is 1.37. The maximum absolute atomic E-state index is 12.7. The van der Waals surface area contributed by atoms with E-state index in [1.165, 1.54) is 6.42 Å². The smallest absolute Gasteiger partial charge is 0.477 e. The average molecular weight is 463 g/mol. The molecule has 1 aromatic carbocycles. The van der Waals surface area contributed by atoms with Gasteiger partial charge in [-0.05, 0) is 74.0 Å². The maximum atomic E-state index is 12.7. The summed E-state index contributed by atoms with van der Waals surface area (Å²) in [4.78, 5) is 12.7. The minimum absolute atomic E-state index is 0.103. The van der Waals surface area contributed by atoms with Crippen LogP contribution in [-0.2, 0) is 20.5 Å². The number of benzene rings is 1. The average Bonchev–Trinajstić information content (AvgIpc) is 3.12. The molecular formula is C25H36BClO5. The van der Waals surface area contributed by atoms with Gasteiger partial charge in [0.05, 0.1) is 30.7 Å². The highest BCUT2D eigenvalue weighted by atomic mass is 35.5. The number of esters is 1. The number of halogens is 1. The fourth-order valence-electron chi connectivity index (χ4n) is 6.12. The lowest BCUT2D eigenvalue weighted by Gasteiger charge is -2.64. The standard InChI is InChI=1S/C25H36BClO5/c1-7-8-11-30-23(28)22-15(2)16(9-10-18(22)29-6)12-21(27)26-31-20-14-17-13-19(24(17,3)4)25(20,5)32-26/h9-10,17,19-21H,7-8,11-14H2,1-6H3/t17?,19?,20?,21-,25+/m1/s1. The summed E-state index contributed by atoms with van der Waals surface area (Å²) >= 11 is 6.86. The van der Waals surface area contributed by atoms with Gasteiger partial charge in [0.15, 0.2) is 0 Å². The van der Waals surface area contributed by atoms with Gasteiger partial charge in [-0.2, -0.15) is 0 Å². The van der Waals surface area contributed by atoms with Gasteiger partial charge < -0.3 is 18.8 Å². The molecule has 7 heteroatoms. The molecule has 5 nitrogen and oxygen atoms in total. The van der Waals surface area contributed by atoms with Gasteiger partial charge in [0.2, 0.25) is 0 Å². The highest BCUT2D eigenvalue weighted by molar-refractivity contribution is 6.60. The van der Waals surface area contributed by atoms with Crippen molar-refractivity contribution in [2.24, 2.45) is 17.3 Å². The number of methoxy groups -OCH3 is 1. The topological polar surface area (TPSA) is 54.0 Å². The van der Waals surface area contributed by atoms with Crippen molar-refractivity contribution >= 4 is 24.7 Å². The van der Waals surface area contributed by atoms with Crippen molar-refractivity contribution in [1.29, 1.82) is 0 Å². The van der Waals surface area contributed by atoms with E-state index in [0.29, 0.717) is 41.6 Å². The second kappa shape index (κ2) is 8.85. The summed E-state index contributed by atoms with van der Waals surface area (Å²) in [6.45, 7) is 11.3. The van der Waals surface area contributed by atoms with Crippen LogP contribution in [0.1, 0.15) is 74.9 Å². The van der Waals surface area contributed by atoms with Crippen molar-refractivity contribution < 1.29 is 23.6 Å². The van der Waals surface area contributed by atoms with E-state index in [4.69, 9.17) is 30.4 Å². The second-order valence-corrected chi connectivity index (χ2v) is 11.0. The van der Waals surface area contributed by atoms with Crippen LogP contribution in [0.3, 0.4) is 0 Å². The molecule has 3 saturated carbocycles. The Morgan fingerprint density at radius 2 is 2.06 bits per heavy atom. The van der Waals surface area contributed by atoms with Crippen LogP contribution in [0.25, 0.3) is 0 Å². The van der Waals surface area contributed by atoms with Gasteiger partial charge in [-0.25, -0.2) is 4.79 Å². The van der Waals surface area contributed by atoms with E-state index in [2.05, 4.69) is 27.7 Å². The third-order valence-corrected chi connectivity index (χ3v) is 8.73. The van der Waals surface area contributed by atoms with E-state index < -0.39 is 7.12 Å². The lowest BCUT2D eigenvalue weighted by atomic mass is 9.43. The molecule has 176 valence electrons. The van der Waals surface area contributed by atoms with Crippen LogP contribution in [0.15, 0.2) is 12.1 Å². The molecule has 2 bridgehead atoms. The van der Waals surface area contributed by atoms with Crippen LogP contribution >= 0.6 is 11.6 Å². The number of alkyl halides is 1. The molecule has 1 heterocycles. The highest BCUT2D eigenvalue weighted by Gasteiger charge is 2.68. The van der Waals surface area contributed by atoms with Gasteiger partial charge in [0.25, 0.3) is 0 Å². The quantitative estimate of drug-likeness (QED) is 0.225. The highest BCUT2D eigenvalue weighted by Crippen LogP contribution is 2.65. The monoisotopic (exact) mass is 462 g/mol. The van der Waals surface area contributed by atoms with Crippen LogP contribution in [0.4, 0.5) is 0 Å². The zero-order valence-electron chi connectivity index (χ0n) is 20.2. The molecule has 1 aromatic rings. The molecule has 4 fully saturated rings. The van der Waals surface area contributed by atoms with Crippen molar-refractivity contribution in [3.05, 3.63) is 28.8 Å². The molecular weight excluding hydrogens is 427 g/mol. The van der Waals surface area contributed by atoms with E-state index in [1.807, 2.05) is 19.1 Å². The summed E-state index contributed by atoms with van der Waals surface area (Å²) in [7, 11) is 1.11. The normalized spacial score (nSPS) is 31.0. The largest absolute Gasteiger partial charge is 0.496 e. The molecule has 5 atom stereocenters. The molecule has 5 rings (SSSR count). The van der Waals surface area contributed by atoms with Crippen LogP contribution < -0.4 is 4.74 Å². The Balaban J connectivity index is 1.49. The molecule has 3 unspecified atom stereocenters. The molecule has 0 N–H and O–H groups in total. The van der Waals surface area contributed by atoms with Crippen LogP contribution in [-0.4, -0.2) is 43.8 Å². The number of hydrogen-bond donors (Lipinski definition) is 0. The van der Waals surface area contributed by atoms with Gasteiger partial charge >= 0.3 is 13.1 Å². The van der Waals surface area contributed by atoms with Crippen LogP contribution in [0.2, 0.25) is 0 Å². The summed E-state index contributed by atoms with van der Waals surface area (Å²) < 4.78 is 23.8. The predicted molar refractivity (Wildman–Crippen MR) is 126 cm³/mol. The molecule has 3 aliphatic carbocycles. The summed E-state index contributed by atoms with van der Waals surface area (Å²) in [5, 5.41) is -0.353. The number of ether oxygens (including phenoxy) is 2. The van der Waals surface area contributed by atoms with Crippen LogP contribution in [0, 0.1) is 24.2 Å². The van der Waals surface area contributed by atoms with Gasteiger partial charge in [0.1, 0.15) is 11.3 Å². The fraction of sp³-hybridized carbons (Fsp3) is 0.720. The maximum Gasteiger partial charge on any atom is 0.477 e. The second-order valence-electron chi connectivity index (χ2n) is 10.5. The van der Waals surface area contributed by atoms with E-state index in [1.54, 1.807) is 7.11 Å². The lowest BCUT2D eigenvalue weighted by Crippen LogP contribution is -2.65. The van der Waals surface area contributed by atoms with Crippen molar-refractivity contribution in [2.75, 3.05) is 13.7 Å². The van der Waals surface area contributed by atoms with Crippen molar-refractivity contribution in [1.82, 2.24) is 0 Å². The van der Waals surface area contributed by atoms with Crippen molar-refractivity contribution in [3.63, 3.8) is 0 Å². The number of carbonyl (C=O) groups is 1. The Kier molecular flexibility index (Phi) is 6.61. The Labute approximate surface area is 197 Å². The van der Waals surface area contributed by atoms with Crippen LogP contribution in [0.5, 0.6) is 5.75 Å². The Hall–Kier alpha value is -1.24. The van der Waals surface area contributed by atoms with Gasteiger partial charge in [-0.1, -0.05) is 33.3 Å². The predicted octanol–water partition coefficient (Wildman–Crippen LogP) is 5.38. The van der Waals surface area contributed by atoms with Gasteiger partial charge in [0, 0.05) is 0 Å². The number of carbonyl (C=O) groups excluding carboxylic acids is 1. The third-order valence-electron chi connectivity index (χ3n) is 8.37. The minimum atomic E-state index is -0.455. The summed E-state index contributed by atoms with van der Waals surface area (Å²) in [6.07, 6.45) is 4.70. The third kappa shape index (κ3) is 3.86. The SMILES string of the molecule is CCCCOC(=O)c1c(OC)ccc(C[C@@H](Cl)B2OC3CC4CC(C4(C)C)[C@]3(C)O2)c1C. The summed E-state index contributed by atoms with van der Waals surface area (Å²) in [5.41, 5.74) is 2.30. The first-order valence-electron chi connectivity index (χ1n) is 11.9. The van der Waals surface area contributed by atoms with Crippen molar-refractivity contribution in [3.8, 4) is 5.75 Å². The number of rotatable bonds is 8.